The number of hydrogen-bond acceptors (Lipinski definition) is 3. The molecule has 3 heteroatoms. The first-order chi connectivity index (χ1) is 11.3. The van der Waals surface area contributed by atoms with Crippen molar-refractivity contribution in [3.63, 3.8) is 0 Å². The molecule has 0 aliphatic carbocycles. The largest absolute Gasteiger partial charge is 0.371 e. The van der Waals surface area contributed by atoms with Crippen molar-refractivity contribution in [3.05, 3.63) is 65.7 Å². The van der Waals surface area contributed by atoms with Crippen molar-refractivity contribution < 1.29 is 9.47 Å². The highest BCUT2D eigenvalue weighted by atomic mass is 16.7. The van der Waals surface area contributed by atoms with Crippen molar-refractivity contribution >= 4 is 5.69 Å². The maximum absolute atomic E-state index is 6.43. The van der Waals surface area contributed by atoms with Crippen LogP contribution in [0.5, 0.6) is 0 Å². The van der Waals surface area contributed by atoms with Gasteiger partial charge in [0, 0.05) is 32.3 Å². The van der Waals surface area contributed by atoms with E-state index in [0.29, 0.717) is 0 Å². The van der Waals surface area contributed by atoms with E-state index in [1.807, 2.05) is 0 Å². The molecule has 1 fully saturated rings. The van der Waals surface area contributed by atoms with Crippen LogP contribution in [0.1, 0.15) is 24.0 Å². The lowest BCUT2D eigenvalue weighted by Crippen LogP contribution is -2.49. The number of nitrogens with zero attached hydrogens (tertiary/aromatic N) is 1. The van der Waals surface area contributed by atoms with Gasteiger partial charge in [0.1, 0.15) is 0 Å². The maximum Gasteiger partial charge on any atom is 0.162 e. The fourth-order valence-corrected chi connectivity index (χ4v) is 3.96. The van der Waals surface area contributed by atoms with Gasteiger partial charge in [0.15, 0.2) is 6.29 Å². The van der Waals surface area contributed by atoms with Crippen LogP contribution in [0.25, 0.3) is 0 Å². The van der Waals surface area contributed by atoms with E-state index in [0.717, 1.165) is 32.4 Å². The molecule has 0 bridgehead atoms. The summed E-state index contributed by atoms with van der Waals surface area (Å²) in [7, 11) is 1.74. The Morgan fingerprint density at radius 3 is 2.43 bits per heavy atom. The molecule has 2 aromatic rings. The van der Waals surface area contributed by atoms with Gasteiger partial charge >= 0.3 is 0 Å². The molecule has 1 atom stereocenters. The number of anilines is 1. The van der Waals surface area contributed by atoms with Crippen LogP contribution in [-0.2, 0) is 21.5 Å². The van der Waals surface area contributed by atoms with Crippen molar-refractivity contribution in [1.29, 1.82) is 0 Å². The van der Waals surface area contributed by atoms with Gasteiger partial charge in [-0.1, -0.05) is 42.5 Å². The number of benzene rings is 2. The van der Waals surface area contributed by atoms with Crippen molar-refractivity contribution in [2.75, 3.05) is 25.1 Å². The molecule has 0 unspecified atom stereocenters. The number of para-hydroxylation sites is 1. The zero-order valence-corrected chi connectivity index (χ0v) is 13.6. The predicted octanol–water partition coefficient (Wildman–Crippen LogP) is 3.73. The van der Waals surface area contributed by atoms with Crippen LogP contribution >= 0.6 is 0 Å². The summed E-state index contributed by atoms with van der Waals surface area (Å²) in [4.78, 5) is 2.45. The Bertz CT molecular complexity index is 662. The summed E-state index contributed by atoms with van der Waals surface area (Å²) in [5.74, 6) is 0. The fourth-order valence-electron chi connectivity index (χ4n) is 3.96. The van der Waals surface area contributed by atoms with E-state index in [1.165, 1.54) is 16.8 Å². The Balaban J connectivity index is 1.60. The Morgan fingerprint density at radius 2 is 1.70 bits per heavy atom. The van der Waals surface area contributed by atoms with Crippen molar-refractivity contribution in [1.82, 2.24) is 0 Å². The maximum atomic E-state index is 6.43. The highest BCUT2D eigenvalue weighted by Gasteiger charge is 2.43. The van der Waals surface area contributed by atoms with Gasteiger partial charge in [-0.2, -0.15) is 0 Å². The van der Waals surface area contributed by atoms with Gasteiger partial charge in [-0.05, 0) is 36.1 Å². The normalized spacial score (nSPS) is 22.8. The number of piperidine rings is 1. The second-order valence-electron chi connectivity index (χ2n) is 6.46. The van der Waals surface area contributed by atoms with Crippen LogP contribution in [0.2, 0.25) is 0 Å². The SMILES string of the molecule is CO[C@@H]1Cc2ccccc2C2(CCN(c3ccccc3)CC2)O1. The molecule has 4 rings (SSSR count). The minimum absolute atomic E-state index is 0.131. The van der Waals surface area contributed by atoms with E-state index in [4.69, 9.17) is 9.47 Å². The van der Waals surface area contributed by atoms with Crippen LogP contribution in [0.3, 0.4) is 0 Å². The lowest BCUT2D eigenvalue weighted by Gasteiger charge is -2.47. The van der Waals surface area contributed by atoms with Gasteiger partial charge < -0.3 is 14.4 Å². The third-order valence-electron chi connectivity index (χ3n) is 5.21. The van der Waals surface area contributed by atoms with Crippen molar-refractivity contribution in [3.8, 4) is 0 Å². The van der Waals surface area contributed by atoms with E-state index < -0.39 is 0 Å². The zero-order valence-electron chi connectivity index (χ0n) is 13.6. The average Bonchev–Trinajstić information content (AvgIpc) is 2.63. The van der Waals surface area contributed by atoms with E-state index in [-0.39, 0.29) is 11.9 Å². The van der Waals surface area contributed by atoms with E-state index >= 15 is 0 Å². The fraction of sp³-hybridized carbons (Fsp3) is 0.400. The van der Waals surface area contributed by atoms with Gasteiger partial charge in [-0.25, -0.2) is 0 Å². The summed E-state index contributed by atoms with van der Waals surface area (Å²) in [5.41, 5.74) is 3.84. The zero-order chi connectivity index (χ0) is 15.7. The van der Waals surface area contributed by atoms with Gasteiger partial charge in [0.2, 0.25) is 0 Å². The molecule has 0 amide bonds. The Kier molecular flexibility index (Phi) is 3.83. The molecule has 3 nitrogen and oxygen atoms in total. The second-order valence-corrected chi connectivity index (χ2v) is 6.46. The first kappa shape index (κ1) is 14.7. The highest BCUT2D eigenvalue weighted by molar-refractivity contribution is 5.47. The van der Waals surface area contributed by atoms with E-state index in [2.05, 4.69) is 59.5 Å². The number of rotatable bonds is 2. The summed E-state index contributed by atoms with van der Waals surface area (Å²) < 4.78 is 12.0. The van der Waals surface area contributed by atoms with Crippen LogP contribution in [0.4, 0.5) is 5.69 Å². The van der Waals surface area contributed by atoms with Crippen LogP contribution in [0.15, 0.2) is 54.6 Å². The van der Waals surface area contributed by atoms with Gasteiger partial charge in [-0.15, -0.1) is 0 Å². The van der Waals surface area contributed by atoms with Crippen LogP contribution < -0.4 is 4.90 Å². The molecule has 1 spiro atoms. The van der Waals surface area contributed by atoms with Gasteiger partial charge in [0.25, 0.3) is 0 Å². The minimum atomic E-state index is -0.194. The van der Waals surface area contributed by atoms with Crippen molar-refractivity contribution in [2.24, 2.45) is 0 Å². The molecule has 0 aromatic heterocycles. The summed E-state index contributed by atoms with van der Waals surface area (Å²) in [6.45, 7) is 2.02. The topological polar surface area (TPSA) is 21.7 Å². The molecule has 0 N–H and O–H groups in total. The molecule has 2 heterocycles. The molecule has 0 radical (unpaired) electrons. The first-order valence-electron chi connectivity index (χ1n) is 8.40. The molecule has 2 aliphatic rings. The molecule has 0 saturated carbocycles. The molecule has 120 valence electrons. The third-order valence-corrected chi connectivity index (χ3v) is 5.21. The molecular formula is C20H23NO2. The first-order valence-corrected chi connectivity index (χ1v) is 8.40. The molecule has 2 aromatic carbocycles. The Labute approximate surface area is 137 Å². The van der Waals surface area contributed by atoms with Gasteiger partial charge in [0.05, 0.1) is 5.60 Å². The Morgan fingerprint density at radius 1 is 1.00 bits per heavy atom. The summed E-state index contributed by atoms with van der Waals surface area (Å²) in [6.07, 6.45) is 2.71. The quantitative estimate of drug-likeness (QED) is 0.844. The smallest absolute Gasteiger partial charge is 0.162 e. The molecule has 23 heavy (non-hydrogen) atoms. The third kappa shape index (κ3) is 2.64. The monoisotopic (exact) mass is 309 g/mol. The number of fused-ring (bicyclic) bond motifs is 2. The molecular weight excluding hydrogens is 286 g/mol. The molecule has 2 aliphatic heterocycles. The highest BCUT2D eigenvalue weighted by Crippen LogP contribution is 2.44. The average molecular weight is 309 g/mol. The van der Waals surface area contributed by atoms with E-state index in [9.17, 15) is 0 Å². The standard InChI is InChI=1S/C20H23NO2/c1-22-19-15-16-7-5-6-10-18(16)20(23-19)11-13-21(14-12-20)17-8-3-2-4-9-17/h2-10,19H,11-15H2,1H3/t19-/m0/s1. The Hall–Kier alpha value is -1.84. The lowest BCUT2D eigenvalue weighted by molar-refractivity contribution is -0.220. The van der Waals surface area contributed by atoms with Crippen LogP contribution in [0, 0.1) is 0 Å². The number of methoxy groups -OCH3 is 1. The number of hydrogen-bond donors (Lipinski definition) is 0. The van der Waals surface area contributed by atoms with Crippen molar-refractivity contribution in [2.45, 2.75) is 31.2 Å². The second kappa shape index (κ2) is 5.99. The summed E-state index contributed by atoms with van der Waals surface area (Å²) >= 11 is 0. The summed E-state index contributed by atoms with van der Waals surface area (Å²) in [5, 5.41) is 0. The van der Waals surface area contributed by atoms with Crippen LogP contribution in [-0.4, -0.2) is 26.5 Å². The predicted molar refractivity (Wildman–Crippen MR) is 91.6 cm³/mol. The van der Waals surface area contributed by atoms with E-state index in [1.54, 1.807) is 7.11 Å². The molecule has 1 saturated heterocycles. The minimum Gasteiger partial charge on any atom is -0.371 e. The van der Waals surface area contributed by atoms with Gasteiger partial charge in [-0.3, -0.25) is 0 Å². The lowest BCUT2D eigenvalue weighted by atomic mass is 9.79. The number of ether oxygens (including phenoxy) is 2. The summed E-state index contributed by atoms with van der Waals surface area (Å²) in [6, 6.07) is 19.3.